The molecule has 0 aliphatic rings. The number of hydrogen-bond acceptors (Lipinski definition) is 6. The van der Waals surface area contributed by atoms with Crippen LogP contribution in [-0.4, -0.2) is 37.7 Å². The fourth-order valence-electron chi connectivity index (χ4n) is 1.71. The number of carbonyl (C=O) groups excluding carboxylic acids is 2. The number of rotatable bonds is 6. The first-order valence-electron chi connectivity index (χ1n) is 5.80. The molecule has 7 heteroatoms. The van der Waals surface area contributed by atoms with Gasteiger partial charge in [-0.25, -0.2) is 0 Å². The van der Waals surface area contributed by atoms with E-state index >= 15 is 0 Å². The number of furan rings is 1. The van der Waals surface area contributed by atoms with Gasteiger partial charge in [0, 0.05) is 19.7 Å². The van der Waals surface area contributed by atoms with E-state index in [1.54, 1.807) is 0 Å². The molecule has 1 aromatic carbocycles. The molecule has 1 aromatic heterocycles. The number of hydrogen-bond donors (Lipinski definition) is 2. The van der Waals surface area contributed by atoms with Crippen LogP contribution >= 0.6 is 0 Å². The third-order valence-corrected chi connectivity index (χ3v) is 2.61. The van der Waals surface area contributed by atoms with E-state index in [1.165, 1.54) is 25.3 Å². The fourth-order valence-corrected chi connectivity index (χ4v) is 1.71. The average Bonchev–Trinajstić information content (AvgIpc) is 2.87. The predicted molar refractivity (Wildman–Crippen MR) is 68.8 cm³/mol. The zero-order valence-corrected chi connectivity index (χ0v) is 10.7. The lowest BCUT2D eigenvalue weighted by Crippen LogP contribution is -2.26. The molecule has 0 saturated heterocycles. The van der Waals surface area contributed by atoms with Gasteiger partial charge in [-0.2, -0.15) is 0 Å². The fraction of sp³-hybridized carbons (Fsp3) is 0.231. The summed E-state index contributed by atoms with van der Waals surface area (Å²) in [5, 5.41) is 12.6. The molecule has 106 valence electrons. The molecule has 0 aliphatic carbocycles. The van der Waals surface area contributed by atoms with Crippen LogP contribution in [0.1, 0.15) is 10.6 Å². The van der Waals surface area contributed by atoms with Gasteiger partial charge >= 0.3 is 0 Å². The predicted octanol–water partition coefficient (Wildman–Crippen LogP) is 1.05. The summed E-state index contributed by atoms with van der Waals surface area (Å²) < 4.78 is 14.9. The van der Waals surface area contributed by atoms with Gasteiger partial charge in [0.1, 0.15) is 5.58 Å². The van der Waals surface area contributed by atoms with E-state index in [4.69, 9.17) is 13.9 Å². The first-order valence-corrected chi connectivity index (χ1v) is 5.80. The lowest BCUT2D eigenvalue weighted by atomic mass is 10.2. The Balaban J connectivity index is 2.31. The molecule has 2 N–H and O–H groups in total. The number of ether oxygens (including phenoxy) is 2. The molecule has 0 spiro atoms. The number of phenols is 1. The Morgan fingerprint density at radius 3 is 3.00 bits per heavy atom. The standard InChI is InChI=1S/C13H13NO6/c1-18-5-4-14-13(17)11-6-8-10(20-11)3-2-9(16)12(8)19-7-15/h2-3,6-7,16H,4-5H2,1H3,(H,14,17). The van der Waals surface area contributed by atoms with Gasteiger partial charge in [-0.1, -0.05) is 0 Å². The molecule has 0 fully saturated rings. The van der Waals surface area contributed by atoms with Crippen LogP contribution in [0, 0.1) is 0 Å². The molecule has 0 unspecified atom stereocenters. The second-order valence-corrected chi connectivity index (χ2v) is 3.90. The molecular weight excluding hydrogens is 266 g/mol. The first kappa shape index (κ1) is 13.9. The van der Waals surface area contributed by atoms with E-state index in [1.807, 2.05) is 0 Å². The third kappa shape index (κ3) is 2.72. The molecule has 2 aromatic rings. The summed E-state index contributed by atoms with van der Waals surface area (Å²) in [5.41, 5.74) is 0.330. The van der Waals surface area contributed by atoms with Gasteiger partial charge in [0.05, 0.1) is 12.0 Å². The Morgan fingerprint density at radius 2 is 2.30 bits per heavy atom. The monoisotopic (exact) mass is 279 g/mol. The maximum atomic E-state index is 11.8. The Hall–Kier alpha value is -2.54. The Morgan fingerprint density at radius 1 is 1.50 bits per heavy atom. The van der Waals surface area contributed by atoms with Gasteiger partial charge in [-0.3, -0.25) is 9.59 Å². The van der Waals surface area contributed by atoms with E-state index in [9.17, 15) is 14.7 Å². The molecule has 0 aliphatic heterocycles. The quantitative estimate of drug-likeness (QED) is 0.606. The van der Waals surface area contributed by atoms with Crippen molar-refractivity contribution in [2.75, 3.05) is 20.3 Å². The Bertz CT molecular complexity index is 633. The number of nitrogens with one attached hydrogen (secondary N) is 1. The van der Waals surface area contributed by atoms with Gasteiger partial charge in [0.15, 0.2) is 17.3 Å². The van der Waals surface area contributed by atoms with Crippen molar-refractivity contribution < 1.29 is 28.6 Å². The molecule has 2 rings (SSSR count). The highest BCUT2D eigenvalue weighted by molar-refractivity contribution is 5.98. The minimum atomic E-state index is -0.421. The zero-order valence-electron chi connectivity index (χ0n) is 10.7. The van der Waals surface area contributed by atoms with Crippen molar-refractivity contribution in [1.29, 1.82) is 0 Å². The topological polar surface area (TPSA) is 98.0 Å². The molecular formula is C13H13NO6. The summed E-state index contributed by atoms with van der Waals surface area (Å²) in [6.07, 6.45) is 0. The van der Waals surface area contributed by atoms with Crippen molar-refractivity contribution in [3.8, 4) is 11.5 Å². The van der Waals surface area contributed by atoms with Gasteiger partial charge in [-0.15, -0.1) is 0 Å². The second-order valence-electron chi connectivity index (χ2n) is 3.90. The van der Waals surface area contributed by atoms with E-state index < -0.39 is 5.91 Å². The highest BCUT2D eigenvalue weighted by Gasteiger charge is 2.17. The van der Waals surface area contributed by atoms with Crippen molar-refractivity contribution in [3.63, 3.8) is 0 Å². The SMILES string of the molecule is COCCNC(=O)c1cc2c(OC=O)c(O)ccc2o1. The molecule has 7 nitrogen and oxygen atoms in total. The Labute approximate surface area is 114 Å². The first-order chi connectivity index (χ1) is 9.67. The highest BCUT2D eigenvalue weighted by Crippen LogP contribution is 2.36. The number of fused-ring (bicyclic) bond motifs is 1. The van der Waals surface area contributed by atoms with E-state index in [2.05, 4.69) is 5.32 Å². The molecule has 1 amide bonds. The van der Waals surface area contributed by atoms with Crippen molar-refractivity contribution in [2.24, 2.45) is 0 Å². The molecule has 20 heavy (non-hydrogen) atoms. The van der Waals surface area contributed by atoms with Gasteiger partial charge in [0.25, 0.3) is 12.4 Å². The van der Waals surface area contributed by atoms with Gasteiger partial charge < -0.3 is 24.3 Å². The average molecular weight is 279 g/mol. The van der Waals surface area contributed by atoms with Crippen LogP contribution in [0.5, 0.6) is 11.5 Å². The van der Waals surface area contributed by atoms with Gasteiger partial charge in [-0.05, 0) is 12.1 Å². The zero-order chi connectivity index (χ0) is 14.5. The lowest BCUT2D eigenvalue weighted by Gasteiger charge is -2.01. The van der Waals surface area contributed by atoms with Crippen LogP contribution in [0.25, 0.3) is 11.0 Å². The largest absolute Gasteiger partial charge is 0.504 e. The maximum Gasteiger partial charge on any atom is 0.298 e. The number of aromatic hydroxyl groups is 1. The normalized spacial score (nSPS) is 10.4. The van der Waals surface area contributed by atoms with Crippen LogP contribution in [0.2, 0.25) is 0 Å². The summed E-state index contributed by atoms with van der Waals surface area (Å²) in [7, 11) is 1.53. The number of methoxy groups -OCH3 is 1. The van der Waals surface area contributed by atoms with Crippen LogP contribution in [0.4, 0.5) is 0 Å². The van der Waals surface area contributed by atoms with Crippen molar-refractivity contribution in [2.45, 2.75) is 0 Å². The van der Waals surface area contributed by atoms with Crippen molar-refractivity contribution >= 4 is 23.3 Å². The Kier molecular flexibility index (Phi) is 4.21. The molecule has 0 bridgehead atoms. The highest BCUT2D eigenvalue weighted by atomic mass is 16.5. The summed E-state index contributed by atoms with van der Waals surface area (Å²) in [6.45, 7) is 0.918. The summed E-state index contributed by atoms with van der Waals surface area (Å²) in [6, 6.07) is 4.20. The molecule has 0 saturated carbocycles. The summed E-state index contributed by atoms with van der Waals surface area (Å²) >= 11 is 0. The van der Waals surface area contributed by atoms with Crippen molar-refractivity contribution in [3.05, 3.63) is 24.0 Å². The second kappa shape index (κ2) is 6.07. The van der Waals surface area contributed by atoms with Crippen LogP contribution in [0.15, 0.2) is 22.6 Å². The molecule has 1 heterocycles. The lowest BCUT2D eigenvalue weighted by molar-refractivity contribution is -0.120. The number of amides is 1. The van der Waals surface area contributed by atoms with E-state index in [0.29, 0.717) is 24.1 Å². The number of carbonyl (C=O) groups is 2. The van der Waals surface area contributed by atoms with E-state index in [-0.39, 0.29) is 23.7 Å². The van der Waals surface area contributed by atoms with E-state index in [0.717, 1.165) is 0 Å². The third-order valence-electron chi connectivity index (χ3n) is 2.61. The van der Waals surface area contributed by atoms with Crippen LogP contribution in [0.3, 0.4) is 0 Å². The minimum absolute atomic E-state index is 0.0443. The number of benzene rings is 1. The molecule has 0 radical (unpaired) electrons. The molecule has 0 atom stereocenters. The van der Waals surface area contributed by atoms with Crippen molar-refractivity contribution in [1.82, 2.24) is 5.32 Å². The minimum Gasteiger partial charge on any atom is -0.504 e. The maximum absolute atomic E-state index is 11.8. The smallest absolute Gasteiger partial charge is 0.298 e. The number of phenolic OH excluding ortho intramolecular Hbond substituents is 1. The van der Waals surface area contributed by atoms with Crippen LogP contribution in [-0.2, 0) is 9.53 Å². The van der Waals surface area contributed by atoms with Gasteiger partial charge in [0.2, 0.25) is 0 Å². The summed E-state index contributed by atoms with van der Waals surface area (Å²) in [5.74, 6) is -0.624. The summed E-state index contributed by atoms with van der Waals surface area (Å²) in [4.78, 5) is 22.2. The van der Waals surface area contributed by atoms with Crippen LogP contribution < -0.4 is 10.1 Å².